The first-order valence-electron chi connectivity index (χ1n) is 5.58. The Morgan fingerprint density at radius 3 is 2.27 bits per heavy atom. The van der Waals surface area contributed by atoms with Gasteiger partial charge >= 0.3 is 0 Å². The smallest absolute Gasteiger partial charge is 0.0928 e. The molecule has 2 unspecified atom stereocenters. The summed E-state index contributed by atoms with van der Waals surface area (Å²) in [5, 5.41) is 3.37. The molecule has 0 bridgehead atoms. The number of rotatable bonds is 9. The third-order valence-corrected chi connectivity index (χ3v) is 2.71. The molecule has 0 fully saturated rings. The van der Waals surface area contributed by atoms with Gasteiger partial charge in [0, 0.05) is 20.8 Å². The third kappa shape index (κ3) is 6.84. The van der Waals surface area contributed by atoms with Gasteiger partial charge in [-0.05, 0) is 24.9 Å². The molecule has 0 heterocycles. The van der Waals surface area contributed by atoms with E-state index in [1.165, 1.54) is 0 Å². The molecule has 0 rings (SSSR count). The fraction of sp³-hybridized carbons (Fsp3) is 1.00. The van der Waals surface area contributed by atoms with Crippen LogP contribution in [0.3, 0.4) is 0 Å². The minimum absolute atomic E-state index is 0.126. The summed E-state index contributed by atoms with van der Waals surface area (Å²) in [7, 11) is 3.39. The van der Waals surface area contributed by atoms with Crippen LogP contribution in [0.4, 0.5) is 0 Å². The van der Waals surface area contributed by atoms with Crippen molar-refractivity contribution < 1.29 is 9.47 Å². The predicted octanol–water partition coefficient (Wildman–Crippen LogP) is 0.468. The Morgan fingerprint density at radius 2 is 1.87 bits per heavy atom. The summed E-state index contributed by atoms with van der Waals surface area (Å²) in [6.45, 7) is 7.50. The molecule has 15 heavy (non-hydrogen) atoms. The molecule has 3 N–H and O–H groups in total. The van der Waals surface area contributed by atoms with Crippen molar-refractivity contribution in [3.63, 3.8) is 0 Å². The molecule has 0 aromatic rings. The van der Waals surface area contributed by atoms with Crippen LogP contribution in [-0.4, -0.2) is 46.6 Å². The maximum absolute atomic E-state index is 5.69. The number of methoxy groups -OCH3 is 2. The lowest BCUT2D eigenvalue weighted by Crippen LogP contribution is -2.37. The van der Waals surface area contributed by atoms with Crippen LogP contribution in [0.15, 0.2) is 0 Å². The number of ether oxygens (including phenoxy) is 2. The quantitative estimate of drug-likeness (QED) is 0.590. The summed E-state index contributed by atoms with van der Waals surface area (Å²) in [5.41, 5.74) is 5.69. The van der Waals surface area contributed by atoms with Gasteiger partial charge in [-0.25, -0.2) is 0 Å². The zero-order valence-electron chi connectivity index (χ0n) is 10.5. The molecular weight excluding hydrogens is 192 g/mol. The summed E-state index contributed by atoms with van der Waals surface area (Å²) < 4.78 is 10.3. The predicted molar refractivity (Wildman–Crippen MR) is 62.9 cm³/mol. The Morgan fingerprint density at radius 1 is 1.20 bits per heavy atom. The molecule has 0 aliphatic rings. The first-order chi connectivity index (χ1) is 7.15. The first kappa shape index (κ1) is 14.8. The van der Waals surface area contributed by atoms with Gasteiger partial charge < -0.3 is 20.5 Å². The molecule has 0 saturated heterocycles. The maximum Gasteiger partial charge on any atom is 0.0928 e. The zero-order chi connectivity index (χ0) is 11.7. The summed E-state index contributed by atoms with van der Waals surface area (Å²) in [4.78, 5) is 0. The van der Waals surface area contributed by atoms with Crippen molar-refractivity contribution in [2.75, 3.05) is 40.5 Å². The lowest BCUT2D eigenvalue weighted by atomic mass is 9.96. The van der Waals surface area contributed by atoms with Crippen molar-refractivity contribution in [3.05, 3.63) is 0 Å². The monoisotopic (exact) mass is 218 g/mol. The highest BCUT2D eigenvalue weighted by Gasteiger charge is 2.12. The summed E-state index contributed by atoms with van der Waals surface area (Å²) in [5.74, 6) is 1.15. The average Bonchev–Trinajstić information content (AvgIpc) is 2.22. The molecule has 0 amide bonds. The van der Waals surface area contributed by atoms with E-state index in [1.54, 1.807) is 14.2 Å². The van der Waals surface area contributed by atoms with Crippen molar-refractivity contribution in [1.82, 2.24) is 5.32 Å². The molecule has 4 heteroatoms. The van der Waals surface area contributed by atoms with Crippen LogP contribution >= 0.6 is 0 Å². The molecule has 0 aromatic carbocycles. The van der Waals surface area contributed by atoms with Crippen molar-refractivity contribution in [2.24, 2.45) is 17.6 Å². The molecule has 0 aliphatic heterocycles. The Balaban J connectivity index is 3.65. The van der Waals surface area contributed by atoms with E-state index >= 15 is 0 Å². The van der Waals surface area contributed by atoms with E-state index in [0.717, 1.165) is 19.6 Å². The SMILES string of the molecule is COCC(CNCC(CN)C(C)C)OC. The van der Waals surface area contributed by atoms with Gasteiger partial charge in [-0.1, -0.05) is 13.8 Å². The van der Waals surface area contributed by atoms with Gasteiger partial charge in [-0.2, -0.15) is 0 Å². The fourth-order valence-electron chi connectivity index (χ4n) is 1.42. The van der Waals surface area contributed by atoms with Crippen LogP contribution in [0.2, 0.25) is 0 Å². The Kier molecular flexibility index (Phi) is 9.00. The second-order valence-electron chi connectivity index (χ2n) is 4.21. The molecule has 2 atom stereocenters. The summed E-state index contributed by atoms with van der Waals surface area (Å²) in [6, 6.07) is 0. The second-order valence-corrected chi connectivity index (χ2v) is 4.21. The van der Waals surface area contributed by atoms with E-state index < -0.39 is 0 Å². The number of hydrogen-bond donors (Lipinski definition) is 2. The van der Waals surface area contributed by atoms with Gasteiger partial charge in [-0.15, -0.1) is 0 Å². The molecule has 0 spiro atoms. The number of hydrogen-bond acceptors (Lipinski definition) is 4. The van der Waals surface area contributed by atoms with Gasteiger partial charge in [0.25, 0.3) is 0 Å². The number of nitrogens with one attached hydrogen (secondary N) is 1. The van der Waals surface area contributed by atoms with Crippen molar-refractivity contribution in [3.8, 4) is 0 Å². The van der Waals surface area contributed by atoms with Gasteiger partial charge in [0.05, 0.1) is 12.7 Å². The fourth-order valence-corrected chi connectivity index (χ4v) is 1.42. The van der Waals surface area contributed by atoms with E-state index in [-0.39, 0.29) is 6.10 Å². The standard InChI is InChI=1S/C11H26N2O2/c1-9(2)10(5-12)6-13-7-11(15-4)8-14-3/h9-11,13H,5-8,12H2,1-4H3. The van der Waals surface area contributed by atoms with E-state index in [9.17, 15) is 0 Å². The van der Waals surface area contributed by atoms with Crippen LogP contribution < -0.4 is 11.1 Å². The molecule has 92 valence electrons. The van der Waals surface area contributed by atoms with Crippen LogP contribution in [0, 0.1) is 11.8 Å². The summed E-state index contributed by atoms with van der Waals surface area (Å²) in [6.07, 6.45) is 0.126. The first-order valence-corrected chi connectivity index (χ1v) is 5.58. The maximum atomic E-state index is 5.69. The zero-order valence-corrected chi connectivity index (χ0v) is 10.5. The minimum atomic E-state index is 0.126. The van der Waals surface area contributed by atoms with E-state index in [4.69, 9.17) is 15.2 Å². The van der Waals surface area contributed by atoms with Crippen molar-refractivity contribution in [2.45, 2.75) is 20.0 Å². The lowest BCUT2D eigenvalue weighted by molar-refractivity contribution is 0.0283. The Bertz CT molecular complexity index is 143. The topological polar surface area (TPSA) is 56.5 Å². The highest BCUT2D eigenvalue weighted by atomic mass is 16.5. The second kappa shape index (κ2) is 9.09. The molecule has 4 nitrogen and oxygen atoms in total. The molecule has 0 aliphatic carbocycles. The van der Waals surface area contributed by atoms with Gasteiger partial charge in [0.1, 0.15) is 0 Å². The van der Waals surface area contributed by atoms with Crippen molar-refractivity contribution >= 4 is 0 Å². The average molecular weight is 218 g/mol. The Hall–Kier alpha value is -0.160. The van der Waals surface area contributed by atoms with Gasteiger partial charge in [-0.3, -0.25) is 0 Å². The van der Waals surface area contributed by atoms with Crippen LogP contribution in [0.25, 0.3) is 0 Å². The largest absolute Gasteiger partial charge is 0.382 e. The molecule has 0 saturated carbocycles. The van der Waals surface area contributed by atoms with E-state index in [2.05, 4.69) is 19.2 Å². The van der Waals surface area contributed by atoms with E-state index in [0.29, 0.717) is 18.4 Å². The third-order valence-electron chi connectivity index (χ3n) is 2.71. The highest BCUT2D eigenvalue weighted by Crippen LogP contribution is 2.07. The van der Waals surface area contributed by atoms with Gasteiger partial charge in [0.15, 0.2) is 0 Å². The van der Waals surface area contributed by atoms with Crippen LogP contribution in [0.5, 0.6) is 0 Å². The van der Waals surface area contributed by atoms with Crippen LogP contribution in [0.1, 0.15) is 13.8 Å². The lowest BCUT2D eigenvalue weighted by Gasteiger charge is -2.21. The summed E-state index contributed by atoms with van der Waals surface area (Å²) >= 11 is 0. The Labute approximate surface area is 93.5 Å². The minimum Gasteiger partial charge on any atom is -0.382 e. The number of nitrogens with two attached hydrogens (primary N) is 1. The van der Waals surface area contributed by atoms with E-state index in [1.807, 2.05) is 0 Å². The van der Waals surface area contributed by atoms with Gasteiger partial charge in [0.2, 0.25) is 0 Å². The van der Waals surface area contributed by atoms with Crippen molar-refractivity contribution in [1.29, 1.82) is 0 Å². The molecule has 0 radical (unpaired) electrons. The normalized spacial score (nSPS) is 15.6. The molecular formula is C11H26N2O2. The van der Waals surface area contributed by atoms with Crippen LogP contribution in [-0.2, 0) is 9.47 Å². The highest BCUT2D eigenvalue weighted by molar-refractivity contribution is 4.68. The molecule has 0 aromatic heterocycles.